The highest BCUT2D eigenvalue weighted by Crippen LogP contribution is 2.37. The molecule has 1 N–H and O–H groups in total. The minimum atomic E-state index is 0.185. The number of fused-ring (bicyclic) bond motifs is 3. The molecule has 0 radical (unpaired) electrons. The number of nitrogens with one attached hydrogen (secondary N) is 1. The van der Waals surface area contributed by atoms with E-state index in [-0.39, 0.29) is 11.9 Å². The van der Waals surface area contributed by atoms with Gasteiger partial charge in [-0.1, -0.05) is 6.07 Å². The van der Waals surface area contributed by atoms with Gasteiger partial charge in [0, 0.05) is 19.1 Å². The van der Waals surface area contributed by atoms with Crippen molar-refractivity contribution < 1.29 is 4.79 Å². The molecule has 2 aliphatic rings. The van der Waals surface area contributed by atoms with Gasteiger partial charge in [0.2, 0.25) is 5.91 Å². The molecule has 1 aromatic rings. The Morgan fingerprint density at radius 1 is 1.32 bits per heavy atom. The zero-order valence-electron chi connectivity index (χ0n) is 11.8. The molecule has 1 saturated heterocycles. The predicted octanol–water partition coefficient (Wildman–Crippen LogP) is 1.53. The third kappa shape index (κ3) is 2.00. The Morgan fingerprint density at radius 2 is 2.11 bits per heavy atom. The fourth-order valence-electron chi connectivity index (χ4n) is 3.08. The van der Waals surface area contributed by atoms with Crippen LogP contribution in [0.15, 0.2) is 18.2 Å². The number of amides is 1. The number of aryl methyl sites for hydroxylation is 1. The van der Waals surface area contributed by atoms with Gasteiger partial charge in [-0.05, 0) is 38.5 Å². The largest absolute Gasteiger partial charge is 0.365 e. The van der Waals surface area contributed by atoms with Gasteiger partial charge in [-0.2, -0.15) is 0 Å². The van der Waals surface area contributed by atoms with E-state index in [1.165, 1.54) is 11.3 Å². The molecule has 4 heteroatoms. The number of rotatable bonds is 1. The lowest BCUT2D eigenvalue weighted by Gasteiger charge is -2.47. The highest BCUT2D eigenvalue weighted by Gasteiger charge is 2.37. The number of hydrogen-bond donors (Lipinski definition) is 1. The van der Waals surface area contributed by atoms with Gasteiger partial charge in [0.25, 0.3) is 0 Å². The van der Waals surface area contributed by atoms with Gasteiger partial charge in [-0.25, -0.2) is 0 Å². The summed E-state index contributed by atoms with van der Waals surface area (Å²) in [7, 11) is 0. The zero-order valence-corrected chi connectivity index (χ0v) is 11.8. The van der Waals surface area contributed by atoms with Gasteiger partial charge >= 0.3 is 0 Å². The van der Waals surface area contributed by atoms with E-state index in [2.05, 4.69) is 49.2 Å². The molecule has 0 aliphatic carbocycles. The van der Waals surface area contributed by atoms with Crippen molar-refractivity contribution in [3.63, 3.8) is 0 Å². The number of piperazine rings is 1. The number of carbonyl (C=O) groups is 1. The lowest BCUT2D eigenvalue weighted by atomic mass is 10.0. The molecule has 0 saturated carbocycles. The van der Waals surface area contributed by atoms with Gasteiger partial charge in [0.05, 0.1) is 24.0 Å². The Hall–Kier alpha value is -1.55. The second kappa shape index (κ2) is 4.53. The Morgan fingerprint density at radius 3 is 2.84 bits per heavy atom. The van der Waals surface area contributed by atoms with Gasteiger partial charge in [0.1, 0.15) is 0 Å². The Kier molecular flexibility index (Phi) is 2.97. The molecular formula is C15H21N3O. The quantitative estimate of drug-likeness (QED) is 0.831. The van der Waals surface area contributed by atoms with Gasteiger partial charge in [-0.3, -0.25) is 4.79 Å². The van der Waals surface area contributed by atoms with E-state index in [0.29, 0.717) is 12.6 Å². The van der Waals surface area contributed by atoms with E-state index in [9.17, 15) is 4.79 Å². The van der Waals surface area contributed by atoms with Crippen LogP contribution in [0.4, 0.5) is 11.4 Å². The van der Waals surface area contributed by atoms with Crippen LogP contribution in [0.5, 0.6) is 0 Å². The standard InChI is InChI=1S/C15H21N3O/c1-10(2)17-9-12-7-16-8-15(19)18(12)13-5-4-11(3)6-14(13)17/h4-6,10,12,16H,7-9H2,1-3H3. The van der Waals surface area contributed by atoms with E-state index < -0.39 is 0 Å². The maximum absolute atomic E-state index is 12.2. The summed E-state index contributed by atoms with van der Waals surface area (Å²) in [5, 5.41) is 3.22. The lowest BCUT2D eigenvalue weighted by molar-refractivity contribution is -0.119. The normalized spacial score (nSPS) is 22.5. The summed E-state index contributed by atoms with van der Waals surface area (Å²) < 4.78 is 0. The zero-order chi connectivity index (χ0) is 13.6. The molecule has 1 fully saturated rings. The van der Waals surface area contributed by atoms with Crippen molar-refractivity contribution in [2.24, 2.45) is 0 Å². The maximum Gasteiger partial charge on any atom is 0.241 e. The number of anilines is 2. The fraction of sp³-hybridized carbons (Fsp3) is 0.533. The second-order valence-corrected chi connectivity index (χ2v) is 5.79. The highest BCUT2D eigenvalue weighted by molar-refractivity contribution is 6.00. The summed E-state index contributed by atoms with van der Waals surface area (Å²) in [6.45, 7) is 8.75. The molecule has 1 aromatic carbocycles. The predicted molar refractivity (Wildman–Crippen MR) is 77.8 cm³/mol. The first-order chi connectivity index (χ1) is 9.08. The van der Waals surface area contributed by atoms with E-state index >= 15 is 0 Å². The Labute approximate surface area is 114 Å². The van der Waals surface area contributed by atoms with Crippen LogP contribution in [0.1, 0.15) is 19.4 Å². The van der Waals surface area contributed by atoms with Gasteiger partial charge in [-0.15, -0.1) is 0 Å². The Bertz CT molecular complexity index is 512. The van der Waals surface area contributed by atoms with Crippen molar-refractivity contribution in [2.45, 2.75) is 32.9 Å². The average molecular weight is 259 g/mol. The summed E-state index contributed by atoms with van der Waals surface area (Å²) in [4.78, 5) is 16.6. The molecule has 0 bridgehead atoms. The van der Waals surface area contributed by atoms with Crippen molar-refractivity contribution in [3.8, 4) is 0 Å². The van der Waals surface area contributed by atoms with E-state index in [1.807, 2.05) is 4.90 Å². The van der Waals surface area contributed by atoms with Crippen LogP contribution in [0, 0.1) is 6.92 Å². The van der Waals surface area contributed by atoms with Crippen molar-refractivity contribution in [3.05, 3.63) is 23.8 Å². The van der Waals surface area contributed by atoms with Crippen LogP contribution < -0.4 is 15.1 Å². The van der Waals surface area contributed by atoms with Crippen molar-refractivity contribution >= 4 is 17.3 Å². The lowest BCUT2D eigenvalue weighted by Crippen LogP contribution is -2.62. The molecule has 1 amide bonds. The monoisotopic (exact) mass is 259 g/mol. The van der Waals surface area contributed by atoms with Gasteiger partial charge < -0.3 is 15.1 Å². The first-order valence-electron chi connectivity index (χ1n) is 6.98. The molecule has 4 nitrogen and oxygen atoms in total. The highest BCUT2D eigenvalue weighted by atomic mass is 16.2. The topological polar surface area (TPSA) is 35.6 Å². The molecule has 2 aliphatic heterocycles. The van der Waals surface area contributed by atoms with Crippen LogP contribution >= 0.6 is 0 Å². The van der Waals surface area contributed by atoms with Crippen LogP contribution in [-0.2, 0) is 4.79 Å². The summed E-state index contributed by atoms with van der Waals surface area (Å²) in [5.74, 6) is 0.185. The molecule has 1 unspecified atom stereocenters. The SMILES string of the molecule is Cc1ccc2c(c1)N(C(C)C)CC1CNCC(=O)N21. The second-order valence-electron chi connectivity index (χ2n) is 5.79. The first-order valence-corrected chi connectivity index (χ1v) is 6.98. The van der Waals surface area contributed by atoms with Crippen LogP contribution in [0.25, 0.3) is 0 Å². The molecule has 0 spiro atoms. The van der Waals surface area contributed by atoms with Crippen LogP contribution in [-0.4, -0.2) is 37.6 Å². The molecular weight excluding hydrogens is 238 g/mol. The molecule has 102 valence electrons. The summed E-state index contributed by atoms with van der Waals surface area (Å²) >= 11 is 0. The molecule has 3 rings (SSSR count). The van der Waals surface area contributed by atoms with E-state index in [4.69, 9.17) is 0 Å². The summed E-state index contributed by atoms with van der Waals surface area (Å²) in [6, 6.07) is 7.07. The fourth-order valence-corrected chi connectivity index (χ4v) is 3.08. The average Bonchev–Trinajstić information content (AvgIpc) is 2.37. The van der Waals surface area contributed by atoms with Crippen LogP contribution in [0.3, 0.4) is 0 Å². The maximum atomic E-state index is 12.2. The summed E-state index contributed by atoms with van der Waals surface area (Å²) in [5.41, 5.74) is 3.51. The van der Waals surface area contributed by atoms with Crippen molar-refractivity contribution in [2.75, 3.05) is 29.4 Å². The number of nitrogens with zero attached hydrogens (tertiary/aromatic N) is 2. The minimum Gasteiger partial charge on any atom is -0.365 e. The number of hydrogen-bond acceptors (Lipinski definition) is 3. The molecule has 0 aromatic heterocycles. The third-order valence-corrected chi connectivity index (χ3v) is 4.02. The van der Waals surface area contributed by atoms with E-state index in [1.54, 1.807) is 0 Å². The number of benzene rings is 1. The first kappa shape index (κ1) is 12.5. The minimum absolute atomic E-state index is 0.185. The molecule has 2 heterocycles. The van der Waals surface area contributed by atoms with Gasteiger partial charge in [0.15, 0.2) is 0 Å². The smallest absolute Gasteiger partial charge is 0.241 e. The van der Waals surface area contributed by atoms with Crippen molar-refractivity contribution in [1.29, 1.82) is 0 Å². The van der Waals surface area contributed by atoms with E-state index in [0.717, 1.165) is 18.8 Å². The van der Waals surface area contributed by atoms with Crippen LogP contribution in [0.2, 0.25) is 0 Å². The van der Waals surface area contributed by atoms with Crippen molar-refractivity contribution in [1.82, 2.24) is 5.32 Å². The third-order valence-electron chi connectivity index (χ3n) is 4.02. The summed E-state index contributed by atoms with van der Waals surface area (Å²) in [6.07, 6.45) is 0. The Balaban J connectivity index is 2.10. The molecule has 19 heavy (non-hydrogen) atoms. The molecule has 1 atom stereocenters. The number of carbonyl (C=O) groups excluding carboxylic acids is 1.